The summed E-state index contributed by atoms with van der Waals surface area (Å²) in [5.41, 5.74) is 4.88. The van der Waals surface area contributed by atoms with Gasteiger partial charge in [-0.3, -0.25) is 9.88 Å². The van der Waals surface area contributed by atoms with Gasteiger partial charge in [-0.25, -0.2) is 14.8 Å². The SMILES string of the molecule is O=C(O)c1ccc2nc(CN3CCC(c4cccc(OCc5ccnc6cc(Cl)ccc56)n4)CC3)n(C[C@@H]3CCO3)c2c1. The van der Waals surface area contributed by atoms with Gasteiger partial charge in [0.1, 0.15) is 12.4 Å². The topological polar surface area (TPSA) is 103 Å². The molecule has 0 aliphatic carbocycles. The molecule has 0 bridgehead atoms. The summed E-state index contributed by atoms with van der Waals surface area (Å²) in [5, 5.41) is 11.2. The van der Waals surface area contributed by atoms with Gasteiger partial charge in [-0.1, -0.05) is 23.7 Å². The van der Waals surface area contributed by atoms with Crippen LogP contribution in [-0.2, 0) is 24.4 Å². The van der Waals surface area contributed by atoms with Gasteiger partial charge in [0.05, 0.1) is 41.3 Å². The number of carbonyl (C=O) groups is 1. The molecule has 0 amide bonds. The zero-order valence-electron chi connectivity index (χ0n) is 23.7. The molecule has 10 heteroatoms. The molecule has 2 aliphatic rings. The molecule has 7 rings (SSSR count). The number of benzene rings is 2. The molecule has 1 N–H and O–H groups in total. The highest BCUT2D eigenvalue weighted by Gasteiger charge is 2.26. The summed E-state index contributed by atoms with van der Waals surface area (Å²) in [4.78, 5) is 28.2. The minimum atomic E-state index is -0.933. The molecule has 1 atom stereocenters. The quantitative estimate of drug-likeness (QED) is 0.218. The standard InChI is InChI=1S/C33H32ClN5O4/c34-24-5-6-26-23(8-12-35-29(26)17-24)20-43-32-3-1-2-27(37-32)21-9-13-38(14-10-21)19-31-36-28-7-4-22(33(40)41)16-30(28)39(31)18-25-11-15-42-25/h1-8,12,16-17,21,25H,9-11,13-15,18-20H2,(H,40,41)/t25-/m0/s1. The van der Waals surface area contributed by atoms with Crippen molar-refractivity contribution < 1.29 is 19.4 Å². The Labute approximate surface area is 254 Å². The second-order valence-electron chi connectivity index (χ2n) is 11.3. The Balaban J connectivity index is 1.01. The number of rotatable bonds is 9. The summed E-state index contributed by atoms with van der Waals surface area (Å²) in [5.74, 6) is 0.985. The van der Waals surface area contributed by atoms with E-state index < -0.39 is 5.97 Å². The minimum absolute atomic E-state index is 0.145. The minimum Gasteiger partial charge on any atom is -0.478 e. The first kappa shape index (κ1) is 27.8. The van der Waals surface area contributed by atoms with Crippen LogP contribution in [-0.4, -0.2) is 61.3 Å². The van der Waals surface area contributed by atoms with Crippen molar-refractivity contribution in [3.05, 3.63) is 94.5 Å². The second kappa shape index (κ2) is 11.9. The van der Waals surface area contributed by atoms with Crippen molar-refractivity contribution in [1.82, 2.24) is 24.4 Å². The molecule has 2 saturated heterocycles. The molecule has 0 unspecified atom stereocenters. The molecular formula is C33H32ClN5O4. The van der Waals surface area contributed by atoms with Gasteiger partial charge >= 0.3 is 5.97 Å². The first-order valence-electron chi connectivity index (χ1n) is 14.7. The number of likely N-dealkylation sites (tertiary alicyclic amines) is 1. The third-order valence-electron chi connectivity index (χ3n) is 8.54. The maximum atomic E-state index is 11.6. The van der Waals surface area contributed by atoms with Crippen molar-refractivity contribution >= 4 is 39.5 Å². The molecule has 9 nitrogen and oxygen atoms in total. The van der Waals surface area contributed by atoms with E-state index in [0.29, 0.717) is 36.5 Å². The molecule has 0 spiro atoms. The number of nitrogens with zero attached hydrogens (tertiary/aromatic N) is 5. The van der Waals surface area contributed by atoms with Crippen LogP contribution in [0.2, 0.25) is 5.02 Å². The predicted molar refractivity (Wildman–Crippen MR) is 164 cm³/mol. The average molecular weight is 598 g/mol. The highest BCUT2D eigenvalue weighted by Crippen LogP contribution is 2.30. The maximum absolute atomic E-state index is 11.6. The van der Waals surface area contributed by atoms with Crippen LogP contribution in [0, 0.1) is 0 Å². The number of hydrogen-bond donors (Lipinski definition) is 1. The third-order valence-corrected chi connectivity index (χ3v) is 8.78. The number of pyridine rings is 2. The lowest BCUT2D eigenvalue weighted by molar-refractivity contribution is -0.0592. The molecule has 5 aromatic rings. The van der Waals surface area contributed by atoms with Gasteiger partial charge in [-0.05, 0) is 74.8 Å². The van der Waals surface area contributed by atoms with E-state index in [1.54, 1.807) is 24.4 Å². The van der Waals surface area contributed by atoms with Crippen molar-refractivity contribution in [2.75, 3.05) is 19.7 Å². The van der Waals surface area contributed by atoms with E-state index in [-0.39, 0.29) is 11.7 Å². The number of halogens is 1. The van der Waals surface area contributed by atoms with Gasteiger partial charge in [0, 0.05) is 46.5 Å². The third kappa shape index (κ3) is 5.93. The Kier molecular flexibility index (Phi) is 7.69. The number of ether oxygens (including phenoxy) is 2. The Morgan fingerprint density at radius 1 is 1.02 bits per heavy atom. The van der Waals surface area contributed by atoms with Crippen LogP contribution in [0.3, 0.4) is 0 Å². The smallest absolute Gasteiger partial charge is 0.335 e. The van der Waals surface area contributed by atoms with Crippen LogP contribution < -0.4 is 4.74 Å². The van der Waals surface area contributed by atoms with Gasteiger partial charge in [-0.15, -0.1) is 0 Å². The molecular weight excluding hydrogens is 566 g/mol. The zero-order valence-corrected chi connectivity index (χ0v) is 24.4. The number of aromatic nitrogens is 4. The number of imidazole rings is 1. The predicted octanol–water partition coefficient (Wildman–Crippen LogP) is 6.08. The number of fused-ring (bicyclic) bond motifs is 2. The van der Waals surface area contributed by atoms with E-state index in [2.05, 4.69) is 20.5 Å². The fourth-order valence-electron chi connectivity index (χ4n) is 6.05. The number of aromatic carboxylic acids is 1. The number of piperidine rings is 1. The van der Waals surface area contributed by atoms with E-state index in [9.17, 15) is 9.90 Å². The summed E-state index contributed by atoms with van der Waals surface area (Å²) < 4.78 is 14.0. The molecule has 3 aromatic heterocycles. The molecule has 5 heterocycles. The number of carboxylic acids is 1. The first-order valence-corrected chi connectivity index (χ1v) is 15.1. The van der Waals surface area contributed by atoms with Gasteiger partial charge in [-0.2, -0.15) is 0 Å². The first-order chi connectivity index (χ1) is 21.0. The zero-order chi connectivity index (χ0) is 29.3. The van der Waals surface area contributed by atoms with E-state index >= 15 is 0 Å². The molecule has 2 fully saturated rings. The van der Waals surface area contributed by atoms with Crippen molar-refractivity contribution in [1.29, 1.82) is 0 Å². The molecule has 2 aromatic carbocycles. The Morgan fingerprint density at radius 2 is 1.88 bits per heavy atom. The van der Waals surface area contributed by atoms with Gasteiger partial charge in [0.15, 0.2) is 0 Å². The van der Waals surface area contributed by atoms with Crippen LogP contribution in [0.5, 0.6) is 5.88 Å². The number of carboxylic acid groups (broad SMARTS) is 1. The monoisotopic (exact) mass is 597 g/mol. The van der Waals surface area contributed by atoms with Crippen LogP contribution in [0.25, 0.3) is 21.9 Å². The van der Waals surface area contributed by atoms with Gasteiger partial charge in [0.25, 0.3) is 0 Å². The van der Waals surface area contributed by atoms with Crippen molar-refractivity contribution in [3.63, 3.8) is 0 Å². The normalized spacial score (nSPS) is 17.7. The Hall–Kier alpha value is -4.05. The van der Waals surface area contributed by atoms with Crippen LogP contribution in [0.4, 0.5) is 0 Å². The van der Waals surface area contributed by atoms with Crippen molar-refractivity contribution in [2.24, 2.45) is 0 Å². The lowest BCUT2D eigenvalue weighted by atomic mass is 9.93. The largest absolute Gasteiger partial charge is 0.478 e. The lowest BCUT2D eigenvalue weighted by Crippen LogP contribution is -2.35. The molecule has 220 valence electrons. The van der Waals surface area contributed by atoms with Crippen LogP contribution in [0.1, 0.15) is 52.6 Å². The van der Waals surface area contributed by atoms with E-state index in [0.717, 1.165) is 78.0 Å². The summed E-state index contributed by atoms with van der Waals surface area (Å²) in [6.45, 7) is 4.41. The van der Waals surface area contributed by atoms with Crippen LogP contribution >= 0.6 is 11.6 Å². The van der Waals surface area contributed by atoms with Crippen molar-refractivity contribution in [2.45, 2.75) is 51.0 Å². The second-order valence-corrected chi connectivity index (χ2v) is 11.7. The van der Waals surface area contributed by atoms with Gasteiger partial charge < -0.3 is 19.1 Å². The molecule has 2 aliphatic heterocycles. The van der Waals surface area contributed by atoms with E-state index in [1.807, 2.05) is 36.4 Å². The summed E-state index contributed by atoms with van der Waals surface area (Å²) >= 11 is 6.14. The van der Waals surface area contributed by atoms with E-state index in [1.165, 1.54) is 0 Å². The summed E-state index contributed by atoms with van der Waals surface area (Å²) in [7, 11) is 0. The fourth-order valence-corrected chi connectivity index (χ4v) is 6.21. The van der Waals surface area contributed by atoms with E-state index in [4.69, 9.17) is 31.0 Å². The summed E-state index contributed by atoms with van der Waals surface area (Å²) in [6.07, 6.45) is 4.90. The van der Waals surface area contributed by atoms with Gasteiger partial charge in [0.2, 0.25) is 5.88 Å². The lowest BCUT2D eigenvalue weighted by Gasteiger charge is -2.32. The highest BCUT2D eigenvalue weighted by molar-refractivity contribution is 6.31. The average Bonchev–Trinajstić information content (AvgIpc) is 3.33. The Bertz CT molecular complexity index is 1800. The van der Waals surface area contributed by atoms with Crippen LogP contribution in [0.15, 0.2) is 66.9 Å². The molecule has 43 heavy (non-hydrogen) atoms. The fraction of sp³-hybridized carbons (Fsp3) is 0.333. The maximum Gasteiger partial charge on any atom is 0.335 e. The summed E-state index contributed by atoms with van der Waals surface area (Å²) in [6, 6.07) is 18.8. The number of hydrogen-bond acceptors (Lipinski definition) is 7. The molecule has 0 saturated carbocycles. The molecule has 0 radical (unpaired) electrons. The highest BCUT2D eigenvalue weighted by atomic mass is 35.5. The Morgan fingerprint density at radius 3 is 2.67 bits per heavy atom. The van der Waals surface area contributed by atoms with Crippen molar-refractivity contribution in [3.8, 4) is 5.88 Å².